The molecule has 0 amide bonds. The summed E-state index contributed by atoms with van der Waals surface area (Å²) >= 11 is 0. The summed E-state index contributed by atoms with van der Waals surface area (Å²) in [7, 11) is 0. The Labute approximate surface area is 132 Å². The van der Waals surface area contributed by atoms with Crippen LogP contribution < -0.4 is 5.32 Å². The maximum absolute atomic E-state index is 13.2. The van der Waals surface area contributed by atoms with E-state index < -0.39 is 49.4 Å². The fourth-order valence-corrected chi connectivity index (χ4v) is 1.69. The van der Waals surface area contributed by atoms with Crippen molar-refractivity contribution in [3.63, 3.8) is 0 Å². The Morgan fingerprint density at radius 1 is 0.680 bits per heavy atom. The van der Waals surface area contributed by atoms with E-state index in [1.165, 1.54) is 0 Å². The van der Waals surface area contributed by atoms with Crippen molar-refractivity contribution in [1.82, 2.24) is 5.32 Å². The van der Waals surface area contributed by atoms with Crippen molar-refractivity contribution in [3.05, 3.63) is 0 Å². The smallest absolute Gasteiger partial charge is 0.251 e. The van der Waals surface area contributed by atoms with Gasteiger partial charge in [0.15, 0.2) is 6.30 Å². The van der Waals surface area contributed by atoms with Crippen LogP contribution in [-0.4, -0.2) is 43.0 Å². The molecule has 0 fully saturated rings. The highest BCUT2D eigenvalue weighted by molar-refractivity contribution is 5.10. The van der Waals surface area contributed by atoms with E-state index in [2.05, 4.69) is 0 Å². The highest BCUT2D eigenvalue weighted by Gasteiger charge is 2.90. The summed E-state index contributed by atoms with van der Waals surface area (Å²) in [6.45, 7) is -0.875. The lowest BCUT2D eigenvalue weighted by Crippen LogP contribution is -2.73. The third kappa shape index (κ3) is 4.82. The summed E-state index contributed by atoms with van der Waals surface area (Å²) in [6.07, 6.45) is -19.8. The molecule has 152 valence electrons. The summed E-state index contributed by atoms with van der Waals surface area (Å²) in [6, 6.07) is -6.54. The number of hydrogen-bond acceptors (Lipinski definition) is 1. The lowest BCUT2D eigenvalue weighted by Gasteiger charge is -2.40. The molecule has 14 heteroatoms. The van der Waals surface area contributed by atoms with E-state index in [1.807, 2.05) is 0 Å². The monoisotopic (exact) mass is 405 g/mol. The Bertz CT molecular complexity index is 399. The largest absolute Gasteiger partial charge is 0.438 e. The zero-order chi connectivity index (χ0) is 20.3. The summed E-state index contributed by atoms with van der Waals surface area (Å²) in [5.74, 6) is -7.42. The molecular formula is C11H12F13N. The first-order valence-corrected chi connectivity index (χ1v) is 6.51. The van der Waals surface area contributed by atoms with Crippen LogP contribution in [0.1, 0.15) is 25.7 Å². The fourth-order valence-electron chi connectivity index (χ4n) is 1.69. The number of nitrogens with one attached hydrogen (secondary N) is 1. The van der Waals surface area contributed by atoms with Crippen LogP contribution in [0.4, 0.5) is 57.1 Å². The molecular weight excluding hydrogens is 393 g/mol. The van der Waals surface area contributed by atoms with Crippen molar-refractivity contribution in [2.24, 2.45) is 0 Å². The minimum atomic E-state index is -7.63. The molecule has 0 aromatic carbocycles. The van der Waals surface area contributed by atoms with E-state index in [1.54, 1.807) is 0 Å². The van der Waals surface area contributed by atoms with Gasteiger partial charge in [0.05, 0.1) is 6.67 Å². The first-order valence-electron chi connectivity index (χ1n) is 6.51. The van der Waals surface area contributed by atoms with Crippen molar-refractivity contribution in [2.45, 2.75) is 62.0 Å². The van der Waals surface area contributed by atoms with Crippen molar-refractivity contribution < 1.29 is 57.1 Å². The normalized spacial score (nSPS) is 16.2. The van der Waals surface area contributed by atoms with Crippen LogP contribution in [0.3, 0.4) is 0 Å². The minimum absolute atomic E-state index is 0.0605. The van der Waals surface area contributed by atoms with Gasteiger partial charge in [-0.15, -0.1) is 0 Å². The van der Waals surface area contributed by atoms with E-state index in [0.29, 0.717) is 0 Å². The van der Waals surface area contributed by atoms with E-state index in [9.17, 15) is 57.1 Å². The molecule has 0 saturated carbocycles. The molecule has 1 atom stereocenters. The SMILES string of the molecule is FCCCCCC(F)NC(F)(F)C(F)(F)C(F)(C(F)(F)F)C(F)(F)F. The number of hydrogen-bond donors (Lipinski definition) is 1. The van der Waals surface area contributed by atoms with E-state index >= 15 is 0 Å². The molecule has 1 nitrogen and oxygen atoms in total. The van der Waals surface area contributed by atoms with Crippen LogP contribution in [0.2, 0.25) is 0 Å². The second-order valence-corrected chi connectivity index (χ2v) is 4.95. The second kappa shape index (κ2) is 7.74. The maximum atomic E-state index is 13.2. The molecule has 0 radical (unpaired) electrons. The average molecular weight is 405 g/mol. The van der Waals surface area contributed by atoms with Crippen molar-refractivity contribution in [3.8, 4) is 0 Å². The number of halogens is 13. The summed E-state index contributed by atoms with van der Waals surface area (Å²) < 4.78 is 164. The Balaban J connectivity index is 5.49. The lowest BCUT2D eigenvalue weighted by molar-refractivity contribution is -0.431. The van der Waals surface area contributed by atoms with Gasteiger partial charge in [0.1, 0.15) is 0 Å². The predicted octanol–water partition coefficient (Wildman–Crippen LogP) is 5.46. The van der Waals surface area contributed by atoms with Crippen LogP contribution >= 0.6 is 0 Å². The lowest BCUT2D eigenvalue weighted by atomic mass is 9.93. The molecule has 0 aromatic rings. The quantitative estimate of drug-likeness (QED) is 0.305. The van der Waals surface area contributed by atoms with Crippen LogP contribution in [-0.2, 0) is 0 Å². The zero-order valence-corrected chi connectivity index (χ0v) is 12.0. The third-order valence-corrected chi connectivity index (χ3v) is 3.04. The molecule has 0 spiro atoms. The Kier molecular flexibility index (Phi) is 7.45. The third-order valence-electron chi connectivity index (χ3n) is 3.04. The molecule has 0 heterocycles. The topological polar surface area (TPSA) is 12.0 Å². The summed E-state index contributed by atoms with van der Waals surface area (Å²) in [4.78, 5) is 0. The van der Waals surface area contributed by atoms with Gasteiger partial charge < -0.3 is 0 Å². The standard InChI is InChI=1S/C11H12F13N/c12-5-3-1-2-4-6(13)25-11(23,24)8(15,16)7(14,9(17,18)19)10(20,21)22/h6,25H,1-5H2. The van der Waals surface area contributed by atoms with E-state index in [4.69, 9.17) is 0 Å². The van der Waals surface area contributed by atoms with E-state index in [0.717, 1.165) is 0 Å². The van der Waals surface area contributed by atoms with Gasteiger partial charge in [-0.3, -0.25) is 4.39 Å². The number of alkyl halides is 13. The molecule has 25 heavy (non-hydrogen) atoms. The van der Waals surface area contributed by atoms with Gasteiger partial charge >= 0.3 is 30.0 Å². The van der Waals surface area contributed by atoms with Crippen LogP contribution in [0.25, 0.3) is 0 Å². The number of unbranched alkanes of at least 4 members (excludes halogenated alkanes) is 2. The van der Waals surface area contributed by atoms with Gasteiger partial charge in [0.25, 0.3) is 0 Å². The fraction of sp³-hybridized carbons (Fsp3) is 1.00. The van der Waals surface area contributed by atoms with Gasteiger partial charge in [-0.2, -0.15) is 43.9 Å². The van der Waals surface area contributed by atoms with Gasteiger partial charge in [-0.05, 0) is 19.3 Å². The van der Waals surface area contributed by atoms with Crippen LogP contribution in [0.5, 0.6) is 0 Å². The molecule has 0 rings (SSSR count). The molecule has 0 aliphatic carbocycles. The van der Waals surface area contributed by atoms with Gasteiger partial charge in [0, 0.05) is 0 Å². The van der Waals surface area contributed by atoms with E-state index in [-0.39, 0.29) is 24.6 Å². The van der Waals surface area contributed by atoms with Gasteiger partial charge in [-0.1, -0.05) is 6.42 Å². The van der Waals surface area contributed by atoms with Crippen molar-refractivity contribution in [2.75, 3.05) is 6.67 Å². The summed E-state index contributed by atoms with van der Waals surface area (Å²) in [5.41, 5.74) is -7.63. The second-order valence-electron chi connectivity index (χ2n) is 4.95. The molecule has 0 bridgehead atoms. The molecule has 1 N–H and O–H groups in total. The Hall–Kier alpha value is -0.950. The molecule has 0 aromatic heterocycles. The van der Waals surface area contributed by atoms with Crippen LogP contribution in [0, 0.1) is 0 Å². The first-order chi connectivity index (χ1) is 11.0. The molecule has 0 saturated heterocycles. The minimum Gasteiger partial charge on any atom is -0.251 e. The molecule has 0 aliphatic rings. The van der Waals surface area contributed by atoms with Gasteiger partial charge in [-0.25, -0.2) is 14.1 Å². The average Bonchev–Trinajstić information content (AvgIpc) is 2.39. The number of rotatable bonds is 9. The Morgan fingerprint density at radius 2 is 1.12 bits per heavy atom. The van der Waals surface area contributed by atoms with Crippen molar-refractivity contribution in [1.29, 1.82) is 0 Å². The predicted molar refractivity (Wildman–Crippen MR) is 58.3 cm³/mol. The zero-order valence-electron chi connectivity index (χ0n) is 12.0. The van der Waals surface area contributed by atoms with Gasteiger partial charge in [0.2, 0.25) is 0 Å². The molecule has 1 unspecified atom stereocenters. The maximum Gasteiger partial charge on any atom is 0.438 e. The summed E-state index contributed by atoms with van der Waals surface area (Å²) in [5, 5.41) is -0.0605. The molecule has 0 aliphatic heterocycles. The van der Waals surface area contributed by atoms with Crippen LogP contribution in [0.15, 0.2) is 0 Å². The highest BCUT2D eigenvalue weighted by atomic mass is 19.4. The van der Waals surface area contributed by atoms with Crippen molar-refractivity contribution >= 4 is 0 Å². The highest BCUT2D eigenvalue weighted by Crippen LogP contribution is 2.58. The first kappa shape index (κ1) is 24.1. The Morgan fingerprint density at radius 3 is 1.48 bits per heavy atom.